The zero-order valence-corrected chi connectivity index (χ0v) is 19.5. The van der Waals surface area contributed by atoms with Gasteiger partial charge in [-0.25, -0.2) is 27.9 Å². The molecule has 1 amide bonds. The molecule has 4 rings (SSSR count). The number of fused-ring (bicyclic) bond motifs is 1. The number of halogens is 3. The number of anilines is 1. The number of rotatable bonds is 5. The van der Waals surface area contributed by atoms with Crippen LogP contribution in [0, 0.1) is 12.7 Å². The van der Waals surface area contributed by atoms with Gasteiger partial charge in [-0.05, 0) is 13.0 Å². The van der Waals surface area contributed by atoms with Crippen molar-refractivity contribution in [1.82, 2.24) is 19.9 Å². The fourth-order valence-corrected chi connectivity index (χ4v) is 6.35. The molecule has 34 heavy (non-hydrogen) atoms. The molecule has 1 saturated heterocycles. The molecule has 3 heterocycles. The Morgan fingerprint density at radius 3 is 2.68 bits per heavy atom. The van der Waals surface area contributed by atoms with E-state index >= 15 is 0 Å². The SMILES string of the molecule is COC(=O)N1CCP(=O)(c2cc3c(NCc4cccc(C(F)F)c4F)nc(C)nc3cn2)CC1. The van der Waals surface area contributed by atoms with Gasteiger partial charge in [-0.15, -0.1) is 0 Å². The van der Waals surface area contributed by atoms with Crippen LogP contribution in [-0.2, 0) is 15.8 Å². The van der Waals surface area contributed by atoms with Crippen LogP contribution in [-0.4, -0.2) is 58.5 Å². The Morgan fingerprint density at radius 1 is 1.26 bits per heavy atom. The summed E-state index contributed by atoms with van der Waals surface area (Å²) >= 11 is 0. The van der Waals surface area contributed by atoms with Gasteiger partial charge in [-0.1, -0.05) is 18.2 Å². The lowest BCUT2D eigenvalue weighted by molar-refractivity contribution is 0.127. The maximum atomic E-state index is 14.5. The zero-order chi connectivity index (χ0) is 24.5. The lowest BCUT2D eigenvalue weighted by Gasteiger charge is -2.30. The van der Waals surface area contributed by atoms with E-state index in [-0.39, 0.29) is 24.4 Å². The minimum atomic E-state index is -2.92. The third-order valence-electron chi connectivity index (χ3n) is 5.78. The number of aromatic nitrogens is 3. The van der Waals surface area contributed by atoms with Gasteiger partial charge in [0.25, 0.3) is 6.43 Å². The zero-order valence-electron chi connectivity index (χ0n) is 18.6. The predicted octanol–water partition coefficient (Wildman–Crippen LogP) is 4.09. The Hall–Kier alpha value is -3.20. The number of methoxy groups -OCH3 is 1. The molecule has 0 atom stereocenters. The normalized spacial score (nSPS) is 15.5. The van der Waals surface area contributed by atoms with Crippen LogP contribution in [0.25, 0.3) is 10.9 Å². The summed E-state index contributed by atoms with van der Waals surface area (Å²) in [5.41, 5.74) is 0.302. The average molecular weight is 493 g/mol. The van der Waals surface area contributed by atoms with Crippen molar-refractivity contribution in [3.63, 3.8) is 0 Å². The van der Waals surface area contributed by atoms with Crippen LogP contribution in [0.3, 0.4) is 0 Å². The van der Waals surface area contributed by atoms with Crippen molar-refractivity contribution in [2.75, 3.05) is 37.8 Å². The van der Waals surface area contributed by atoms with Crippen molar-refractivity contribution in [2.24, 2.45) is 0 Å². The smallest absolute Gasteiger partial charge is 0.409 e. The summed E-state index contributed by atoms with van der Waals surface area (Å²) in [5.74, 6) is -0.179. The first-order chi connectivity index (χ1) is 16.2. The molecular formula is C22H23F3N5O3P. The van der Waals surface area contributed by atoms with E-state index in [1.54, 1.807) is 13.0 Å². The molecule has 3 aromatic rings. The van der Waals surface area contributed by atoms with Crippen LogP contribution in [0.1, 0.15) is 23.4 Å². The molecule has 1 aliphatic rings. The van der Waals surface area contributed by atoms with Crippen LogP contribution < -0.4 is 10.8 Å². The maximum Gasteiger partial charge on any atom is 0.409 e. The van der Waals surface area contributed by atoms with Crippen molar-refractivity contribution in [3.8, 4) is 0 Å². The summed E-state index contributed by atoms with van der Waals surface area (Å²) in [7, 11) is -1.58. The van der Waals surface area contributed by atoms with Crippen molar-refractivity contribution >= 4 is 35.4 Å². The molecule has 0 unspecified atom stereocenters. The Labute approximate surface area is 193 Å². The third kappa shape index (κ3) is 4.70. The number of ether oxygens (including phenoxy) is 1. The molecule has 0 aliphatic carbocycles. The van der Waals surface area contributed by atoms with Crippen LogP contribution in [0.2, 0.25) is 0 Å². The Kier molecular flexibility index (Phi) is 6.74. The number of nitrogens with one attached hydrogen (secondary N) is 1. The molecular weight excluding hydrogens is 470 g/mol. The summed E-state index contributed by atoms with van der Waals surface area (Å²) in [6.45, 7) is 2.18. The number of alkyl halides is 2. The van der Waals surface area contributed by atoms with Gasteiger partial charge >= 0.3 is 6.09 Å². The Bertz CT molecular complexity index is 1280. The van der Waals surface area contributed by atoms with E-state index in [1.165, 1.54) is 30.3 Å². The van der Waals surface area contributed by atoms with Gasteiger partial charge in [0, 0.05) is 42.9 Å². The molecule has 8 nitrogen and oxygen atoms in total. The Balaban J connectivity index is 1.63. The molecule has 1 fully saturated rings. The quantitative estimate of drug-likeness (QED) is 0.535. The summed E-state index contributed by atoms with van der Waals surface area (Å²) < 4.78 is 58.9. The van der Waals surface area contributed by atoms with E-state index in [4.69, 9.17) is 4.74 Å². The van der Waals surface area contributed by atoms with Crippen molar-refractivity contribution in [1.29, 1.82) is 0 Å². The number of aryl methyl sites for hydroxylation is 1. The molecule has 180 valence electrons. The largest absolute Gasteiger partial charge is 0.453 e. The van der Waals surface area contributed by atoms with Gasteiger partial charge in [0.15, 0.2) is 0 Å². The van der Waals surface area contributed by atoms with Crippen LogP contribution >= 0.6 is 7.14 Å². The van der Waals surface area contributed by atoms with Crippen molar-refractivity contribution < 1.29 is 27.3 Å². The van der Waals surface area contributed by atoms with E-state index in [9.17, 15) is 22.5 Å². The van der Waals surface area contributed by atoms with Gasteiger partial charge < -0.3 is 19.5 Å². The van der Waals surface area contributed by atoms with E-state index in [1.807, 2.05) is 0 Å². The molecule has 1 aromatic carbocycles. The predicted molar refractivity (Wildman–Crippen MR) is 122 cm³/mol. The van der Waals surface area contributed by atoms with E-state index < -0.39 is 31.0 Å². The molecule has 1 N–H and O–H groups in total. The van der Waals surface area contributed by atoms with Gasteiger partial charge in [-0.2, -0.15) is 0 Å². The van der Waals surface area contributed by atoms with E-state index in [0.717, 1.165) is 6.07 Å². The number of amides is 1. The lowest BCUT2D eigenvalue weighted by Crippen LogP contribution is -2.41. The van der Waals surface area contributed by atoms with Gasteiger partial charge in [0.05, 0.1) is 24.4 Å². The lowest BCUT2D eigenvalue weighted by atomic mass is 10.1. The number of carbonyl (C=O) groups is 1. The van der Waals surface area contributed by atoms with Gasteiger partial charge in [-0.3, -0.25) is 4.98 Å². The van der Waals surface area contributed by atoms with Crippen molar-refractivity contribution in [3.05, 3.63) is 53.2 Å². The highest BCUT2D eigenvalue weighted by Crippen LogP contribution is 2.46. The number of hydrogen-bond acceptors (Lipinski definition) is 7. The number of nitrogens with zero attached hydrogens (tertiary/aromatic N) is 4. The fraction of sp³-hybridized carbons (Fsp3) is 0.364. The maximum absolute atomic E-state index is 14.5. The topological polar surface area (TPSA) is 97.3 Å². The number of carbonyl (C=O) groups excluding carboxylic acids is 1. The first kappa shape index (κ1) is 23.9. The molecule has 1 aliphatic heterocycles. The molecule has 12 heteroatoms. The highest BCUT2D eigenvalue weighted by atomic mass is 31.2. The average Bonchev–Trinajstić information content (AvgIpc) is 2.82. The van der Waals surface area contributed by atoms with E-state index in [2.05, 4.69) is 20.3 Å². The third-order valence-corrected chi connectivity index (χ3v) is 8.71. The second-order valence-corrected chi connectivity index (χ2v) is 11.1. The number of benzene rings is 1. The van der Waals surface area contributed by atoms with Crippen molar-refractivity contribution in [2.45, 2.75) is 19.9 Å². The second-order valence-electron chi connectivity index (χ2n) is 7.95. The van der Waals surface area contributed by atoms with Crippen LogP contribution in [0.15, 0.2) is 30.5 Å². The molecule has 0 bridgehead atoms. The van der Waals surface area contributed by atoms with Crippen LogP contribution in [0.5, 0.6) is 0 Å². The van der Waals surface area contributed by atoms with E-state index in [0.29, 0.717) is 41.1 Å². The molecule has 2 aromatic heterocycles. The first-order valence-corrected chi connectivity index (χ1v) is 12.6. The monoisotopic (exact) mass is 493 g/mol. The summed E-state index contributed by atoms with van der Waals surface area (Å²) in [5, 5.41) is 3.54. The highest BCUT2D eigenvalue weighted by molar-refractivity contribution is 7.71. The fourth-order valence-electron chi connectivity index (χ4n) is 3.91. The first-order valence-electron chi connectivity index (χ1n) is 10.6. The second kappa shape index (κ2) is 9.58. The standard InChI is InChI=1S/C22H23F3N5O3P/c1-13-28-17-12-26-18(34(32)8-6-30(7-9-34)22(31)33-2)10-16(17)21(29-13)27-11-14-4-3-5-15(19(14)23)20(24)25/h3-5,10,12,20H,6-9,11H2,1-2H3,(H,27,28,29). The highest BCUT2D eigenvalue weighted by Gasteiger charge is 2.34. The summed E-state index contributed by atoms with van der Waals surface area (Å²) in [4.78, 5) is 26.4. The molecule has 0 spiro atoms. The van der Waals surface area contributed by atoms with Crippen LogP contribution in [0.4, 0.5) is 23.8 Å². The minimum absolute atomic E-state index is 0.0690. The summed E-state index contributed by atoms with van der Waals surface area (Å²) in [6, 6.07) is 5.50. The van der Waals surface area contributed by atoms with Gasteiger partial charge in [0.1, 0.15) is 30.0 Å². The molecule has 0 radical (unpaired) electrons. The number of pyridine rings is 1. The summed E-state index contributed by atoms with van der Waals surface area (Å²) in [6.07, 6.45) is -1.34. The number of hydrogen-bond donors (Lipinski definition) is 1. The molecule has 0 saturated carbocycles. The Morgan fingerprint density at radius 2 is 2.00 bits per heavy atom. The minimum Gasteiger partial charge on any atom is -0.453 e. The van der Waals surface area contributed by atoms with Gasteiger partial charge in [0.2, 0.25) is 0 Å².